The van der Waals surface area contributed by atoms with E-state index in [1.54, 1.807) is 26.1 Å². The third-order valence-electron chi connectivity index (χ3n) is 3.45. The van der Waals surface area contributed by atoms with Gasteiger partial charge in [-0.2, -0.15) is 0 Å². The molecule has 1 heterocycles. The van der Waals surface area contributed by atoms with Crippen LogP contribution < -0.4 is 10.1 Å². The van der Waals surface area contributed by atoms with Crippen molar-refractivity contribution in [2.45, 2.75) is 13.0 Å². The first kappa shape index (κ1) is 23.6. The number of nitrogens with zero attached hydrogens (tertiary/aromatic N) is 2. The Kier molecular flexibility index (Phi) is 8.58. The molecule has 1 N–H and O–H groups in total. The molecule has 3 rings (SSSR count). The Morgan fingerprint density at radius 2 is 1.87 bits per heavy atom. The molecule has 2 aromatic carbocycles. The van der Waals surface area contributed by atoms with Crippen molar-refractivity contribution in [1.82, 2.24) is 9.88 Å². The number of methoxy groups -OCH3 is 1. The first-order chi connectivity index (χ1) is 14.2. The fourth-order valence-electron chi connectivity index (χ4n) is 2.34. The van der Waals surface area contributed by atoms with Crippen LogP contribution in [0.25, 0.3) is 10.2 Å². The van der Waals surface area contributed by atoms with Crippen molar-refractivity contribution in [2.24, 2.45) is 0 Å². The van der Waals surface area contributed by atoms with E-state index in [-0.39, 0.29) is 18.2 Å². The number of aromatic nitrogens is 1. The predicted octanol–water partition coefficient (Wildman–Crippen LogP) is 4.53. The molecule has 0 saturated carbocycles. The lowest BCUT2D eigenvalue weighted by molar-refractivity contribution is -0.274. The molecular weight excluding hydrogens is 419 g/mol. The van der Waals surface area contributed by atoms with Gasteiger partial charge in [-0.1, -0.05) is 41.7 Å². The van der Waals surface area contributed by atoms with Crippen LogP contribution in [0.2, 0.25) is 0 Å². The number of hydrogen-bond acceptors (Lipinski definition) is 6. The number of amides is 1. The lowest BCUT2D eigenvalue weighted by Gasteiger charge is -2.07. The number of nitrogens with one attached hydrogen (secondary N) is 1. The Morgan fingerprint density at radius 3 is 2.47 bits per heavy atom. The number of thiazole rings is 1. The van der Waals surface area contributed by atoms with Crippen molar-refractivity contribution in [3.63, 3.8) is 0 Å². The molecule has 0 aliphatic rings. The van der Waals surface area contributed by atoms with Crippen LogP contribution in [-0.2, 0) is 16.1 Å². The summed E-state index contributed by atoms with van der Waals surface area (Å²) >= 11 is 1.08. The molecule has 162 valence electrons. The van der Waals surface area contributed by atoms with Crippen molar-refractivity contribution in [1.29, 1.82) is 0 Å². The van der Waals surface area contributed by atoms with Gasteiger partial charge in [-0.15, -0.1) is 13.2 Å². The van der Waals surface area contributed by atoms with Crippen molar-refractivity contribution < 1.29 is 27.4 Å². The van der Waals surface area contributed by atoms with Crippen LogP contribution in [-0.4, -0.2) is 49.9 Å². The number of fused-ring (bicyclic) bond motifs is 1. The fraction of sp³-hybridized carbons (Fsp3) is 0.300. The molecule has 1 amide bonds. The average Bonchev–Trinajstić information content (AvgIpc) is 3.02. The minimum absolute atomic E-state index is 0.193. The van der Waals surface area contributed by atoms with Gasteiger partial charge >= 0.3 is 6.36 Å². The van der Waals surface area contributed by atoms with Crippen LogP contribution >= 0.6 is 11.3 Å². The maximum Gasteiger partial charge on any atom is 0.573 e. The van der Waals surface area contributed by atoms with E-state index in [0.29, 0.717) is 22.0 Å². The largest absolute Gasteiger partial charge is 0.573 e. The summed E-state index contributed by atoms with van der Waals surface area (Å²) in [6.07, 6.45) is -4.73. The molecule has 0 atom stereocenters. The molecule has 0 radical (unpaired) electrons. The van der Waals surface area contributed by atoms with Gasteiger partial charge in [-0.25, -0.2) is 4.98 Å². The SMILES string of the molecule is CN(C)CC(=O)Nc1nc2ccc(OC(F)(F)F)cc2s1.COCc1ccccc1. The summed E-state index contributed by atoms with van der Waals surface area (Å²) < 4.78 is 45.7. The van der Waals surface area contributed by atoms with Crippen molar-refractivity contribution >= 4 is 32.6 Å². The highest BCUT2D eigenvalue weighted by atomic mass is 32.1. The summed E-state index contributed by atoms with van der Waals surface area (Å²) in [5.74, 6) is -0.560. The predicted molar refractivity (Wildman–Crippen MR) is 111 cm³/mol. The molecule has 0 unspecified atom stereocenters. The highest BCUT2D eigenvalue weighted by molar-refractivity contribution is 7.22. The molecule has 0 aliphatic heterocycles. The number of alkyl halides is 3. The molecule has 10 heteroatoms. The molecule has 0 aliphatic carbocycles. The van der Waals surface area contributed by atoms with E-state index in [2.05, 4.69) is 15.0 Å². The second-order valence-corrected chi connectivity index (χ2v) is 7.43. The molecule has 0 fully saturated rings. The quantitative estimate of drug-likeness (QED) is 0.609. The summed E-state index contributed by atoms with van der Waals surface area (Å²) in [6, 6.07) is 13.9. The summed E-state index contributed by atoms with van der Waals surface area (Å²) in [6.45, 7) is 0.902. The number of hydrogen-bond donors (Lipinski definition) is 1. The topological polar surface area (TPSA) is 63.7 Å². The number of carbonyl (C=O) groups excluding carboxylic acids is 1. The lowest BCUT2D eigenvalue weighted by Crippen LogP contribution is -2.26. The summed E-state index contributed by atoms with van der Waals surface area (Å²) in [7, 11) is 5.20. The van der Waals surface area contributed by atoms with Gasteiger partial charge in [-0.3, -0.25) is 4.79 Å². The van der Waals surface area contributed by atoms with E-state index in [1.807, 2.05) is 30.3 Å². The van der Waals surface area contributed by atoms with Crippen LogP contribution in [0, 0.1) is 0 Å². The van der Waals surface area contributed by atoms with E-state index >= 15 is 0 Å². The standard InChI is InChI=1S/C12H12F3N3O2S.C8H10O/c1-18(2)6-10(19)17-11-16-8-4-3-7(5-9(8)21-11)20-12(13,14)15;1-9-7-8-5-3-2-4-6-8/h3-5H,6H2,1-2H3,(H,16,17,19);2-6H,7H2,1H3. The zero-order valence-corrected chi connectivity index (χ0v) is 17.5. The zero-order valence-electron chi connectivity index (χ0n) is 16.7. The maximum atomic E-state index is 12.1. The van der Waals surface area contributed by atoms with E-state index in [0.717, 1.165) is 11.3 Å². The van der Waals surface area contributed by atoms with Gasteiger partial charge in [0.25, 0.3) is 0 Å². The van der Waals surface area contributed by atoms with Crippen LogP contribution in [0.5, 0.6) is 5.75 Å². The molecule has 6 nitrogen and oxygen atoms in total. The summed E-state index contributed by atoms with van der Waals surface area (Å²) in [5, 5.41) is 2.93. The summed E-state index contributed by atoms with van der Waals surface area (Å²) in [5.41, 5.74) is 1.72. The molecule has 3 aromatic rings. The highest BCUT2D eigenvalue weighted by Gasteiger charge is 2.31. The Balaban J connectivity index is 0.000000297. The third kappa shape index (κ3) is 8.36. The number of halogens is 3. The van der Waals surface area contributed by atoms with E-state index in [1.165, 1.54) is 23.8 Å². The number of ether oxygens (including phenoxy) is 2. The Morgan fingerprint density at radius 1 is 1.17 bits per heavy atom. The van der Waals surface area contributed by atoms with Gasteiger partial charge < -0.3 is 19.7 Å². The van der Waals surface area contributed by atoms with Crippen LogP contribution in [0.15, 0.2) is 48.5 Å². The molecule has 1 aromatic heterocycles. The minimum Gasteiger partial charge on any atom is -0.406 e. The minimum atomic E-state index is -4.73. The van der Waals surface area contributed by atoms with E-state index in [4.69, 9.17) is 4.74 Å². The van der Waals surface area contributed by atoms with E-state index < -0.39 is 6.36 Å². The summed E-state index contributed by atoms with van der Waals surface area (Å²) in [4.78, 5) is 17.4. The van der Waals surface area contributed by atoms with E-state index in [9.17, 15) is 18.0 Å². The van der Waals surface area contributed by atoms with Crippen molar-refractivity contribution in [3.8, 4) is 5.75 Å². The lowest BCUT2D eigenvalue weighted by atomic mass is 10.2. The fourth-order valence-corrected chi connectivity index (χ4v) is 3.25. The first-order valence-electron chi connectivity index (χ1n) is 8.80. The van der Waals surface area contributed by atoms with Gasteiger partial charge in [0.2, 0.25) is 5.91 Å². The third-order valence-corrected chi connectivity index (χ3v) is 4.39. The first-order valence-corrected chi connectivity index (χ1v) is 9.61. The molecular formula is C20H22F3N3O3S. The van der Waals surface area contributed by atoms with Crippen LogP contribution in [0.1, 0.15) is 5.56 Å². The number of rotatable bonds is 6. The van der Waals surface area contributed by atoms with Gasteiger partial charge in [0.1, 0.15) is 5.75 Å². The Labute approximate surface area is 176 Å². The highest BCUT2D eigenvalue weighted by Crippen LogP contribution is 2.31. The number of carbonyl (C=O) groups is 1. The molecule has 0 spiro atoms. The Bertz CT molecular complexity index is 947. The Hall–Kier alpha value is -2.69. The molecule has 0 saturated heterocycles. The monoisotopic (exact) mass is 441 g/mol. The average molecular weight is 441 g/mol. The van der Waals surface area contributed by atoms with Crippen LogP contribution in [0.4, 0.5) is 18.3 Å². The van der Waals surface area contributed by atoms with Gasteiger partial charge in [0.15, 0.2) is 5.13 Å². The number of anilines is 1. The number of likely N-dealkylation sites (N-methyl/N-ethyl adjacent to an activating group) is 1. The second kappa shape index (κ2) is 10.9. The smallest absolute Gasteiger partial charge is 0.406 e. The second-order valence-electron chi connectivity index (χ2n) is 6.40. The number of benzene rings is 2. The van der Waals surface area contributed by atoms with Crippen LogP contribution in [0.3, 0.4) is 0 Å². The molecule has 0 bridgehead atoms. The van der Waals surface area contributed by atoms with Crippen molar-refractivity contribution in [2.75, 3.05) is 33.1 Å². The van der Waals surface area contributed by atoms with Gasteiger partial charge in [0, 0.05) is 13.2 Å². The van der Waals surface area contributed by atoms with Gasteiger partial charge in [-0.05, 0) is 31.8 Å². The van der Waals surface area contributed by atoms with Gasteiger partial charge in [0.05, 0.1) is 23.4 Å². The normalized spacial score (nSPS) is 11.2. The van der Waals surface area contributed by atoms with Crippen molar-refractivity contribution in [3.05, 3.63) is 54.1 Å². The zero-order chi connectivity index (χ0) is 22.1. The molecule has 30 heavy (non-hydrogen) atoms. The maximum absolute atomic E-state index is 12.1.